The molecule has 1 rings (SSSR count). The fourth-order valence-corrected chi connectivity index (χ4v) is 1.09. The molecule has 0 aliphatic carbocycles. The lowest BCUT2D eigenvalue weighted by Crippen LogP contribution is -1.88. The summed E-state index contributed by atoms with van der Waals surface area (Å²) in [6.45, 7) is 1.92. The molecule has 1 unspecified atom stereocenters. The average molecular weight is 140 g/mol. The van der Waals surface area contributed by atoms with Gasteiger partial charge in [0, 0.05) is 0 Å². The molecule has 0 spiro atoms. The van der Waals surface area contributed by atoms with Gasteiger partial charge in [-0.3, -0.25) is 0 Å². The third-order valence-electron chi connectivity index (χ3n) is 1.11. The van der Waals surface area contributed by atoms with Crippen LogP contribution in [0.3, 0.4) is 0 Å². The van der Waals surface area contributed by atoms with Crippen molar-refractivity contribution in [2.24, 2.45) is 0 Å². The van der Waals surface area contributed by atoms with Crippen molar-refractivity contribution in [1.82, 2.24) is 0 Å². The third-order valence-corrected chi connectivity index (χ3v) is 1.60. The maximum atomic E-state index is 10.6. The van der Waals surface area contributed by atoms with Crippen LogP contribution in [0.25, 0.3) is 0 Å². The molecule has 1 atom stereocenters. The monoisotopic (exact) mass is 140 g/mol. The summed E-state index contributed by atoms with van der Waals surface area (Å²) in [7, 11) is -1.91. The van der Waals surface area contributed by atoms with Crippen molar-refractivity contribution in [2.45, 2.75) is 6.92 Å². The SMILES string of the molecule is [2H][P+](=O)c1cccc(C)c1. The second kappa shape index (κ2) is 2.75. The highest BCUT2D eigenvalue weighted by Gasteiger charge is 1.95. The molecule has 9 heavy (non-hydrogen) atoms. The Bertz CT molecular complexity index is 260. The first kappa shape index (κ1) is 5.13. The van der Waals surface area contributed by atoms with Gasteiger partial charge in [0.05, 0.1) is 0 Å². The minimum absolute atomic E-state index is 0.606. The van der Waals surface area contributed by atoms with Gasteiger partial charge in [-0.25, -0.2) is 0 Å². The molecular weight excluding hydrogens is 131 g/mol. The van der Waals surface area contributed by atoms with E-state index in [4.69, 9.17) is 1.28 Å². The molecule has 1 aromatic rings. The predicted molar refractivity (Wildman–Crippen MR) is 39.8 cm³/mol. The van der Waals surface area contributed by atoms with Gasteiger partial charge < -0.3 is 0 Å². The molecule has 46 valence electrons. The summed E-state index contributed by atoms with van der Waals surface area (Å²) in [5.74, 6) is 0. The Labute approximate surface area is 57.2 Å². The van der Waals surface area contributed by atoms with Crippen molar-refractivity contribution in [1.29, 1.82) is 1.28 Å². The van der Waals surface area contributed by atoms with Crippen molar-refractivity contribution >= 4 is 13.7 Å². The molecule has 0 fully saturated rings. The molecule has 0 aromatic heterocycles. The number of hydrogen-bond acceptors (Lipinski definition) is 1. The van der Waals surface area contributed by atoms with E-state index in [-0.39, 0.29) is 0 Å². The minimum atomic E-state index is -1.91. The summed E-state index contributed by atoms with van der Waals surface area (Å²) in [6, 6.07) is 7.21. The van der Waals surface area contributed by atoms with Crippen LogP contribution < -0.4 is 5.30 Å². The van der Waals surface area contributed by atoms with E-state index < -0.39 is 8.41 Å². The second-order valence-corrected chi connectivity index (χ2v) is 2.63. The van der Waals surface area contributed by atoms with E-state index in [0.29, 0.717) is 5.30 Å². The molecule has 0 bridgehead atoms. The topological polar surface area (TPSA) is 17.1 Å². The highest BCUT2D eigenvalue weighted by molar-refractivity contribution is 7.34. The van der Waals surface area contributed by atoms with Crippen LogP contribution in [0.5, 0.6) is 0 Å². The Kier molecular flexibility index (Phi) is 1.57. The quantitative estimate of drug-likeness (QED) is 0.542. The van der Waals surface area contributed by atoms with Crippen molar-refractivity contribution in [3.05, 3.63) is 29.8 Å². The van der Waals surface area contributed by atoms with E-state index in [1.54, 1.807) is 12.1 Å². The zero-order chi connectivity index (χ0) is 7.56. The maximum absolute atomic E-state index is 10.6. The Morgan fingerprint density at radius 2 is 2.44 bits per heavy atom. The first-order valence-corrected chi connectivity index (χ1v) is 3.54. The molecule has 0 N–H and O–H groups in total. The van der Waals surface area contributed by atoms with E-state index in [2.05, 4.69) is 0 Å². The first-order valence-electron chi connectivity index (χ1n) is 3.17. The number of aryl methyl sites for hydroxylation is 1. The molecule has 0 saturated carbocycles. The zero-order valence-electron chi connectivity index (χ0n) is 6.16. The van der Waals surface area contributed by atoms with E-state index in [0.717, 1.165) is 5.56 Å². The Morgan fingerprint density at radius 1 is 1.67 bits per heavy atom. The van der Waals surface area contributed by atoms with Crippen LogP contribution in [0.4, 0.5) is 0 Å². The largest absolute Gasteiger partial charge is 0.394 e. The van der Waals surface area contributed by atoms with Crippen LogP contribution in [0, 0.1) is 6.92 Å². The van der Waals surface area contributed by atoms with Gasteiger partial charge in [0.15, 0.2) is 5.30 Å². The number of hydrogen-bond donors (Lipinski definition) is 0. The normalized spacial score (nSPS) is 12.6. The maximum Gasteiger partial charge on any atom is 0.394 e. The molecule has 0 amide bonds. The van der Waals surface area contributed by atoms with Crippen LogP contribution in [0.1, 0.15) is 5.56 Å². The number of rotatable bonds is 1. The van der Waals surface area contributed by atoms with Gasteiger partial charge in [0.1, 0.15) is 0 Å². The van der Waals surface area contributed by atoms with Crippen molar-refractivity contribution in [3.8, 4) is 0 Å². The highest BCUT2D eigenvalue weighted by atomic mass is 31.1. The highest BCUT2D eigenvalue weighted by Crippen LogP contribution is 1.98. The van der Waals surface area contributed by atoms with Crippen LogP contribution >= 0.6 is 8.41 Å². The minimum Gasteiger partial charge on any atom is -0.0707 e. The molecule has 1 nitrogen and oxygen atoms in total. The fourth-order valence-electron chi connectivity index (χ4n) is 0.685. The summed E-state index contributed by atoms with van der Waals surface area (Å²) in [6.07, 6.45) is 0. The number of benzene rings is 1. The summed E-state index contributed by atoms with van der Waals surface area (Å²) in [5, 5.41) is 0.606. The van der Waals surface area contributed by atoms with E-state index in [9.17, 15) is 4.57 Å². The lowest BCUT2D eigenvalue weighted by molar-refractivity contribution is 0.603. The Balaban J connectivity index is 3.07. The van der Waals surface area contributed by atoms with E-state index in [1.807, 2.05) is 19.1 Å². The molecule has 0 radical (unpaired) electrons. The average Bonchev–Trinajstić information content (AvgIpc) is 1.88. The van der Waals surface area contributed by atoms with E-state index in [1.165, 1.54) is 0 Å². The van der Waals surface area contributed by atoms with Gasteiger partial charge in [-0.05, 0) is 24.6 Å². The van der Waals surface area contributed by atoms with Crippen molar-refractivity contribution < 1.29 is 4.57 Å². The van der Waals surface area contributed by atoms with Crippen molar-refractivity contribution in [2.75, 3.05) is 0 Å². The summed E-state index contributed by atoms with van der Waals surface area (Å²) >= 11 is 0. The summed E-state index contributed by atoms with van der Waals surface area (Å²) in [4.78, 5) is 0. The Morgan fingerprint density at radius 3 is 2.89 bits per heavy atom. The van der Waals surface area contributed by atoms with Gasteiger partial charge in [-0.15, -0.1) is 0 Å². The van der Waals surface area contributed by atoms with Gasteiger partial charge >= 0.3 is 9.68 Å². The van der Waals surface area contributed by atoms with Gasteiger partial charge in [0.25, 0.3) is 0 Å². The summed E-state index contributed by atoms with van der Waals surface area (Å²) in [5.41, 5.74) is 1.05. The van der Waals surface area contributed by atoms with E-state index >= 15 is 0 Å². The fraction of sp³-hybridized carbons (Fsp3) is 0.143. The molecule has 0 aliphatic rings. The molecule has 2 heteroatoms. The second-order valence-electron chi connectivity index (χ2n) is 1.93. The molecular formula is C7H8OP+. The predicted octanol–water partition coefficient (Wildman–Crippen LogP) is 1.64. The van der Waals surface area contributed by atoms with Crippen LogP contribution in [0.15, 0.2) is 24.3 Å². The van der Waals surface area contributed by atoms with Crippen LogP contribution in [-0.2, 0) is 4.57 Å². The van der Waals surface area contributed by atoms with Gasteiger partial charge in [0.2, 0.25) is 0 Å². The molecule has 0 aliphatic heterocycles. The molecule has 0 saturated heterocycles. The standard InChI is InChI=1S/C7H7OP/c1-6-3-2-4-7(5-6)9-8/h2-5H,1H3/p+1/i/hD. The first-order chi connectivity index (χ1) is 4.70. The smallest absolute Gasteiger partial charge is 0.0707 e. The lowest BCUT2D eigenvalue weighted by atomic mass is 10.2. The third kappa shape index (κ3) is 1.62. The van der Waals surface area contributed by atoms with Crippen LogP contribution in [-0.4, -0.2) is 1.28 Å². The van der Waals surface area contributed by atoms with Gasteiger partial charge in [-0.2, -0.15) is 0 Å². The van der Waals surface area contributed by atoms with Crippen molar-refractivity contribution in [3.63, 3.8) is 0 Å². The van der Waals surface area contributed by atoms with Gasteiger partial charge in [-0.1, -0.05) is 16.7 Å². The lowest BCUT2D eigenvalue weighted by Gasteiger charge is -1.84. The summed E-state index contributed by atoms with van der Waals surface area (Å²) < 4.78 is 17.5. The molecule has 0 heterocycles. The Hall–Kier alpha value is -0.680. The molecule has 1 aromatic carbocycles. The van der Waals surface area contributed by atoms with Crippen LogP contribution in [0.2, 0.25) is 0 Å². The zero-order valence-corrected chi connectivity index (χ0v) is 6.06.